The second kappa shape index (κ2) is 5.82. The molecule has 0 aliphatic carbocycles. The van der Waals surface area contributed by atoms with E-state index in [0.29, 0.717) is 18.0 Å². The van der Waals surface area contributed by atoms with Crippen molar-refractivity contribution in [3.8, 4) is 0 Å². The molecule has 1 atom stereocenters. The van der Waals surface area contributed by atoms with Gasteiger partial charge in [-0.05, 0) is 19.3 Å². The summed E-state index contributed by atoms with van der Waals surface area (Å²) in [7, 11) is 1.82. The normalized spacial score (nSPS) is 12.8. The Morgan fingerprint density at radius 2 is 2.24 bits per heavy atom. The average Bonchev–Trinajstić information content (AvgIpc) is 2.55. The van der Waals surface area contributed by atoms with Gasteiger partial charge in [0, 0.05) is 25.3 Å². The van der Waals surface area contributed by atoms with Gasteiger partial charge in [-0.15, -0.1) is 0 Å². The van der Waals surface area contributed by atoms with Crippen molar-refractivity contribution in [1.82, 2.24) is 15.1 Å². The molecule has 0 bridgehead atoms. The molecule has 96 valence electrons. The summed E-state index contributed by atoms with van der Waals surface area (Å²) in [6.45, 7) is 6.61. The summed E-state index contributed by atoms with van der Waals surface area (Å²) in [6, 6.07) is 0.0101. The molecule has 5 nitrogen and oxygen atoms in total. The first-order valence-electron chi connectivity index (χ1n) is 5.94. The SMILES string of the molecule is Cc1c(C(=O)NCC(N)CC(C)C)cnn1C. The molecule has 1 aromatic heterocycles. The Kier molecular flexibility index (Phi) is 4.69. The first-order chi connectivity index (χ1) is 7.91. The van der Waals surface area contributed by atoms with Crippen LogP contribution < -0.4 is 11.1 Å². The predicted octanol–water partition coefficient (Wildman–Crippen LogP) is 0.832. The third-order valence-corrected chi connectivity index (χ3v) is 2.78. The van der Waals surface area contributed by atoms with Gasteiger partial charge < -0.3 is 11.1 Å². The van der Waals surface area contributed by atoms with Crippen molar-refractivity contribution >= 4 is 5.91 Å². The van der Waals surface area contributed by atoms with Crippen molar-refractivity contribution < 1.29 is 4.79 Å². The molecule has 1 aromatic rings. The third kappa shape index (κ3) is 3.85. The Hall–Kier alpha value is -1.36. The number of nitrogens with zero attached hydrogens (tertiary/aromatic N) is 2. The van der Waals surface area contributed by atoms with Gasteiger partial charge in [0.05, 0.1) is 11.8 Å². The van der Waals surface area contributed by atoms with Crippen LogP contribution in [0.25, 0.3) is 0 Å². The van der Waals surface area contributed by atoms with E-state index in [0.717, 1.165) is 12.1 Å². The van der Waals surface area contributed by atoms with Crippen LogP contribution in [0.4, 0.5) is 0 Å². The monoisotopic (exact) mass is 238 g/mol. The maximum Gasteiger partial charge on any atom is 0.254 e. The summed E-state index contributed by atoms with van der Waals surface area (Å²) >= 11 is 0. The molecule has 0 aliphatic heterocycles. The number of hydrogen-bond acceptors (Lipinski definition) is 3. The number of nitrogens with one attached hydrogen (secondary N) is 1. The molecule has 17 heavy (non-hydrogen) atoms. The van der Waals surface area contributed by atoms with Gasteiger partial charge in [-0.3, -0.25) is 9.48 Å². The van der Waals surface area contributed by atoms with Crippen LogP contribution in [0.2, 0.25) is 0 Å². The van der Waals surface area contributed by atoms with Gasteiger partial charge in [-0.1, -0.05) is 13.8 Å². The number of nitrogens with two attached hydrogens (primary N) is 1. The Balaban J connectivity index is 2.48. The van der Waals surface area contributed by atoms with E-state index >= 15 is 0 Å². The molecule has 1 unspecified atom stereocenters. The lowest BCUT2D eigenvalue weighted by Gasteiger charge is -2.14. The van der Waals surface area contributed by atoms with Gasteiger partial charge in [-0.25, -0.2) is 0 Å². The fourth-order valence-electron chi connectivity index (χ4n) is 1.73. The summed E-state index contributed by atoms with van der Waals surface area (Å²) in [6.07, 6.45) is 2.49. The zero-order valence-electron chi connectivity index (χ0n) is 11.0. The minimum Gasteiger partial charge on any atom is -0.350 e. The summed E-state index contributed by atoms with van der Waals surface area (Å²) in [4.78, 5) is 11.8. The lowest BCUT2D eigenvalue weighted by atomic mass is 10.0. The van der Waals surface area contributed by atoms with Gasteiger partial charge in [0.2, 0.25) is 0 Å². The van der Waals surface area contributed by atoms with E-state index in [-0.39, 0.29) is 11.9 Å². The fraction of sp³-hybridized carbons (Fsp3) is 0.667. The molecular formula is C12H22N4O. The maximum absolute atomic E-state index is 11.8. The Bertz CT molecular complexity index is 384. The molecule has 0 saturated carbocycles. The Labute approximate surface area is 102 Å². The number of amides is 1. The first-order valence-corrected chi connectivity index (χ1v) is 5.94. The van der Waals surface area contributed by atoms with Crippen molar-refractivity contribution in [3.05, 3.63) is 17.5 Å². The van der Waals surface area contributed by atoms with Gasteiger partial charge in [0.15, 0.2) is 0 Å². The zero-order chi connectivity index (χ0) is 13.0. The van der Waals surface area contributed by atoms with Crippen molar-refractivity contribution in [1.29, 1.82) is 0 Å². The molecular weight excluding hydrogens is 216 g/mol. The molecule has 0 radical (unpaired) electrons. The lowest BCUT2D eigenvalue weighted by Crippen LogP contribution is -2.38. The smallest absolute Gasteiger partial charge is 0.254 e. The van der Waals surface area contributed by atoms with E-state index in [2.05, 4.69) is 24.3 Å². The summed E-state index contributed by atoms with van der Waals surface area (Å²) in [5.74, 6) is 0.442. The van der Waals surface area contributed by atoms with Gasteiger partial charge in [0.25, 0.3) is 5.91 Å². The molecule has 1 heterocycles. The van der Waals surface area contributed by atoms with Gasteiger partial charge >= 0.3 is 0 Å². The largest absolute Gasteiger partial charge is 0.350 e. The summed E-state index contributed by atoms with van der Waals surface area (Å²) < 4.78 is 1.68. The van der Waals surface area contributed by atoms with Crippen molar-refractivity contribution in [2.75, 3.05) is 6.54 Å². The van der Waals surface area contributed by atoms with Crippen LogP contribution in [0.5, 0.6) is 0 Å². The minimum absolute atomic E-state index is 0.0101. The quantitative estimate of drug-likeness (QED) is 0.798. The van der Waals surface area contributed by atoms with Crippen LogP contribution in [0.1, 0.15) is 36.3 Å². The molecule has 0 aliphatic rings. The molecule has 0 saturated heterocycles. The van der Waals surface area contributed by atoms with Crippen LogP contribution in [0, 0.1) is 12.8 Å². The van der Waals surface area contributed by atoms with Crippen LogP contribution in [-0.2, 0) is 7.05 Å². The van der Waals surface area contributed by atoms with Crippen LogP contribution in [-0.4, -0.2) is 28.3 Å². The molecule has 0 spiro atoms. The molecule has 3 N–H and O–H groups in total. The molecule has 0 aromatic carbocycles. The van der Waals surface area contributed by atoms with Crippen LogP contribution >= 0.6 is 0 Å². The number of carbonyl (C=O) groups is 1. The highest BCUT2D eigenvalue weighted by atomic mass is 16.1. The van der Waals surface area contributed by atoms with Gasteiger partial charge in [-0.2, -0.15) is 5.10 Å². The topological polar surface area (TPSA) is 72.9 Å². The second-order valence-electron chi connectivity index (χ2n) is 4.87. The van der Waals surface area contributed by atoms with E-state index in [4.69, 9.17) is 5.73 Å². The molecule has 1 rings (SSSR count). The van der Waals surface area contributed by atoms with Crippen LogP contribution in [0.15, 0.2) is 6.20 Å². The highest BCUT2D eigenvalue weighted by Gasteiger charge is 2.13. The fourth-order valence-corrected chi connectivity index (χ4v) is 1.73. The third-order valence-electron chi connectivity index (χ3n) is 2.78. The van der Waals surface area contributed by atoms with E-state index in [1.807, 2.05) is 14.0 Å². The van der Waals surface area contributed by atoms with Crippen LogP contribution in [0.3, 0.4) is 0 Å². The Morgan fingerprint density at radius 1 is 1.59 bits per heavy atom. The molecule has 5 heteroatoms. The standard InChI is InChI=1S/C12H22N4O/c1-8(2)5-10(13)6-14-12(17)11-7-15-16(4)9(11)3/h7-8,10H,5-6,13H2,1-4H3,(H,14,17). The number of aromatic nitrogens is 2. The van der Waals surface area contributed by atoms with E-state index in [1.165, 1.54) is 0 Å². The number of hydrogen-bond donors (Lipinski definition) is 2. The second-order valence-corrected chi connectivity index (χ2v) is 4.87. The van der Waals surface area contributed by atoms with E-state index < -0.39 is 0 Å². The molecule has 0 fully saturated rings. The average molecular weight is 238 g/mol. The van der Waals surface area contributed by atoms with E-state index in [1.54, 1.807) is 10.9 Å². The minimum atomic E-state index is -0.102. The van der Waals surface area contributed by atoms with Gasteiger partial charge in [0.1, 0.15) is 0 Å². The van der Waals surface area contributed by atoms with Crippen molar-refractivity contribution in [2.45, 2.75) is 33.2 Å². The lowest BCUT2D eigenvalue weighted by molar-refractivity contribution is 0.0949. The summed E-state index contributed by atoms with van der Waals surface area (Å²) in [5, 5.41) is 6.88. The molecule has 1 amide bonds. The maximum atomic E-state index is 11.8. The van der Waals surface area contributed by atoms with Crippen molar-refractivity contribution in [2.24, 2.45) is 18.7 Å². The summed E-state index contributed by atoms with van der Waals surface area (Å²) in [5.41, 5.74) is 7.38. The highest BCUT2D eigenvalue weighted by Crippen LogP contribution is 2.06. The number of rotatable bonds is 5. The highest BCUT2D eigenvalue weighted by molar-refractivity contribution is 5.95. The van der Waals surface area contributed by atoms with Crippen molar-refractivity contribution in [3.63, 3.8) is 0 Å². The zero-order valence-corrected chi connectivity index (χ0v) is 11.0. The Morgan fingerprint density at radius 3 is 2.71 bits per heavy atom. The number of aryl methyl sites for hydroxylation is 1. The van der Waals surface area contributed by atoms with E-state index in [9.17, 15) is 4.79 Å². The first kappa shape index (κ1) is 13.7. The number of carbonyl (C=O) groups excluding carboxylic acids is 1. The predicted molar refractivity (Wildman–Crippen MR) is 67.7 cm³/mol.